The first-order valence-electron chi connectivity index (χ1n) is 22.1. The molecule has 0 aliphatic carbocycles. The van der Waals surface area contributed by atoms with Crippen molar-refractivity contribution in [2.45, 2.75) is 32.6 Å². The Labute approximate surface area is 394 Å². The molecule has 0 saturated heterocycles. The number of nitrogens with zero attached hydrogens (tertiary/aromatic N) is 4. The van der Waals surface area contributed by atoms with Crippen LogP contribution in [0.2, 0.25) is 0 Å². The van der Waals surface area contributed by atoms with E-state index in [1.807, 2.05) is 24.4 Å². The molecule has 3 aromatic heterocycles. The molecule has 0 radical (unpaired) electrons. The first-order valence-corrected chi connectivity index (χ1v) is 22.1. The third kappa shape index (κ3) is 7.77. The quantitative estimate of drug-likeness (QED) is 0.0956. The number of rotatable bonds is 11. The van der Waals surface area contributed by atoms with Crippen molar-refractivity contribution in [1.29, 1.82) is 0 Å². The van der Waals surface area contributed by atoms with Crippen molar-refractivity contribution in [2.24, 2.45) is 0 Å². The van der Waals surface area contributed by atoms with Crippen molar-refractivity contribution in [2.75, 3.05) is 0 Å². The van der Waals surface area contributed by atoms with Gasteiger partial charge in [-0.05, 0) is 93.0 Å². The van der Waals surface area contributed by atoms with E-state index in [0.29, 0.717) is 17.4 Å². The SMILES string of the molecule is CCC(CC)c1ccnc(-n2c3[c-]c(Oc4[c-]c(-n5[c-][n+](-c6c(-c7ccccc7)cccc6-c6ccccc6)c6ccc(-c7ccccc7)cc65)ccc4)ccc3c3ccccc32)c1.[Pt]. The van der Waals surface area contributed by atoms with Crippen LogP contribution in [0, 0.1) is 18.5 Å². The summed E-state index contributed by atoms with van der Waals surface area (Å²) in [4.78, 5) is 4.90. The van der Waals surface area contributed by atoms with E-state index in [1.165, 1.54) is 5.56 Å². The van der Waals surface area contributed by atoms with Gasteiger partial charge in [-0.1, -0.05) is 159 Å². The zero-order chi connectivity index (χ0) is 43.0. The molecule has 0 amide bonds. The van der Waals surface area contributed by atoms with Gasteiger partial charge >= 0.3 is 0 Å². The van der Waals surface area contributed by atoms with E-state index < -0.39 is 0 Å². The van der Waals surface area contributed by atoms with Crippen molar-refractivity contribution in [1.82, 2.24) is 14.1 Å². The van der Waals surface area contributed by atoms with Crippen LogP contribution in [0.4, 0.5) is 0 Å². The van der Waals surface area contributed by atoms with Crippen LogP contribution in [0.3, 0.4) is 0 Å². The second-order valence-electron chi connectivity index (χ2n) is 16.2. The molecule has 0 bridgehead atoms. The van der Waals surface area contributed by atoms with Gasteiger partial charge in [-0.15, -0.1) is 29.7 Å². The molecule has 0 spiro atoms. The largest absolute Gasteiger partial charge is 0.510 e. The van der Waals surface area contributed by atoms with Crippen molar-refractivity contribution in [3.8, 4) is 62.1 Å². The zero-order valence-electron chi connectivity index (χ0n) is 36.1. The van der Waals surface area contributed by atoms with Crippen LogP contribution >= 0.6 is 0 Å². The third-order valence-corrected chi connectivity index (χ3v) is 12.4. The molecule has 0 fully saturated rings. The molecule has 5 nitrogen and oxygen atoms in total. The molecule has 11 rings (SSSR count). The van der Waals surface area contributed by atoms with Crippen LogP contribution in [-0.2, 0) is 21.1 Å². The number of fused-ring (bicyclic) bond motifs is 4. The minimum Gasteiger partial charge on any atom is -0.510 e. The van der Waals surface area contributed by atoms with E-state index in [9.17, 15) is 0 Å². The van der Waals surface area contributed by atoms with Crippen molar-refractivity contribution < 1.29 is 30.4 Å². The average molecular weight is 1020 g/mol. The number of benzene rings is 8. The normalized spacial score (nSPS) is 11.4. The Bertz CT molecular complexity index is 3390. The van der Waals surface area contributed by atoms with Crippen molar-refractivity contribution in [3.05, 3.63) is 224 Å². The molecule has 0 aliphatic rings. The predicted octanol–water partition coefficient (Wildman–Crippen LogP) is 14.5. The van der Waals surface area contributed by atoms with Gasteiger partial charge < -0.3 is 13.9 Å². The van der Waals surface area contributed by atoms with Gasteiger partial charge in [0, 0.05) is 44.3 Å². The van der Waals surface area contributed by atoms with Gasteiger partial charge in [-0.3, -0.25) is 4.57 Å². The van der Waals surface area contributed by atoms with Gasteiger partial charge in [0.2, 0.25) is 0 Å². The third-order valence-electron chi connectivity index (χ3n) is 12.4. The Balaban J connectivity index is 0.00000498. The number of ether oxygens (including phenoxy) is 1. The molecule has 0 atom stereocenters. The molecule has 0 N–H and O–H groups in total. The Hall–Kier alpha value is -7.33. The summed E-state index contributed by atoms with van der Waals surface area (Å²) in [5, 5.41) is 2.24. The summed E-state index contributed by atoms with van der Waals surface area (Å²) in [7, 11) is 0. The number of para-hydroxylation sites is 2. The number of imidazole rings is 1. The summed E-state index contributed by atoms with van der Waals surface area (Å²) < 4.78 is 13.2. The molecule has 0 unspecified atom stereocenters. The van der Waals surface area contributed by atoms with Gasteiger partial charge in [-0.2, -0.15) is 18.2 Å². The first-order chi connectivity index (χ1) is 31.6. The summed E-state index contributed by atoms with van der Waals surface area (Å²) in [6, 6.07) is 75.2. The predicted molar refractivity (Wildman–Crippen MR) is 260 cm³/mol. The van der Waals surface area contributed by atoms with E-state index in [-0.39, 0.29) is 21.1 Å². The topological polar surface area (TPSA) is 35.9 Å². The molecule has 0 saturated carbocycles. The summed E-state index contributed by atoms with van der Waals surface area (Å²) in [5.74, 6) is 2.51. The second kappa shape index (κ2) is 18.0. The summed E-state index contributed by atoms with van der Waals surface area (Å²) in [5.41, 5.74) is 13.8. The monoisotopic (exact) mass is 1020 g/mol. The summed E-state index contributed by atoms with van der Waals surface area (Å²) in [6.45, 7) is 4.50. The molecule has 8 aromatic carbocycles. The Kier molecular flexibility index (Phi) is 11.6. The molecule has 65 heavy (non-hydrogen) atoms. The van der Waals surface area contributed by atoms with Gasteiger partial charge in [0.05, 0.1) is 16.7 Å². The molecule has 11 aromatic rings. The smallest absolute Gasteiger partial charge is 0.268 e. The van der Waals surface area contributed by atoms with Crippen molar-refractivity contribution >= 4 is 32.8 Å². The maximum Gasteiger partial charge on any atom is 0.268 e. The van der Waals surface area contributed by atoms with Gasteiger partial charge in [0.15, 0.2) is 0 Å². The van der Waals surface area contributed by atoms with E-state index in [0.717, 1.165) is 96.3 Å². The minimum absolute atomic E-state index is 0. The summed E-state index contributed by atoms with van der Waals surface area (Å²) in [6.07, 6.45) is 7.91. The number of hydrogen-bond donors (Lipinski definition) is 0. The molecular weight excluding hydrogens is 976 g/mol. The zero-order valence-corrected chi connectivity index (χ0v) is 38.3. The number of hydrogen-bond acceptors (Lipinski definition) is 2. The van der Waals surface area contributed by atoms with Gasteiger partial charge in [0.25, 0.3) is 6.33 Å². The van der Waals surface area contributed by atoms with Crippen LogP contribution in [0.25, 0.3) is 83.4 Å². The number of aromatic nitrogens is 4. The fraction of sp³-hybridized carbons (Fsp3) is 0.0847. The minimum atomic E-state index is 0. The van der Waals surface area contributed by atoms with E-state index in [4.69, 9.17) is 9.72 Å². The van der Waals surface area contributed by atoms with Gasteiger partial charge in [0.1, 0.15) is 5.82 Å². The molecule has 3 heterocycles. The van der Waals surface area contributed by atoms with Crippen LogP contribution < -0.4 is 9.30 Å². The van der Waals surface area contributed by atoms with E-state index in [2.05, 4.69) is 222 Å². The van der Waals surface area contributed by atoms with Crippen LogP contribution in [0.15, 0.2) is 200 Å². The fourth-order valence-electron chi connectivity index (χ4n) is 9.24. The molecule has 0 aliphatic heterocycles. The average Bonchev–Trinajstić information content (AvgIpc) is 3.90. The molecule has 318 valence electrons. The van der Waals surface area contributed by atoms with Crippen LogP contribution in [0.5, 0.6) is 11.5 Å². The molecule has 6 heteroatoms. The maximum atomic E-state index is 6.70. The Morgan fingerprint density at radius 1 is 0.554 bits per heavy atom. The Morgan fingerprint density at radius 3 is 1.91 bits per heavy atom. The Morgan fingerprint density at radius 2 is 1.20 bits per heavy atom. The second-order valence-corrected chi connectivity index (χ2v) is 16.2. The maximum absolute atomic E-state index is 6.70. The fourth-order valence-corrected chi connectivity index (χ4v) is 9.24. The van der Waals surface area contributed by atoms with Crippen LogP contribution in [0.1, 0.15) is 38.2 Å². The van der Waals surface area contributed by atoms with E-state index in [1.54, 1.807) is 0 Å². The number of pyridine rings is 1. The van der Waals surface area contributed by atoms with E-state index >= 15 is 0 Å². The van der Waals surface area contributed by atoms with Crippen molar-refractivity contribution in [3.63, 3.8) is 0 Å². The standard InChI is InChI=1S/C59H44N4O.Pt/c1-3-41(4-2)46-34-35-60-58(37-46)63-54-29-15-14-26-52(54)53-32-31-49(39-56(53)63)64-48-25-16-24-47(38-48)61-40-62(55-33-30-45(36-57(55)61)42-18-8-5-9-19-42)59-50(43-20-10-6-11-21-43)27-17-28-51(59)44-22-12-7-13-23-44;/h5-37,41H,3-4H2,1-2H3;/q-2;. The summed E-state index contributed by atoms with van der Waals surface area (Å²) >= 11 is 0. The first kappa shape index (κ1) is 41.7. The molecular formula is C59H44N4OPt-2. The van der Waals surface area contributed by atoms with Crippen LogP contribution in [-0.4, -0.2) is 14.1 Å². The van der Waals surface area contributed by atoms with Gasteiger partial charge in [-0.25, -0.2) is 4.98 Å².